The van der Waals surface area contributed by atoms with Crippen molar-refractivity contribution in [1.29, 1.82) is 0 Å². The lowest BCUT2D eigenvalue weighted by Crippen LogP contribution is -2.16. The number of para-hydroxylation sites is 1. The molecule has 0 amide bonds. The molecule has 120 valence electrons. The minimum Gasteiger partial charge on any atom is -0.493 e. The van der Waals surface area contributed by atoms with Crippen LogP contribution in [0.25, 0.3) is 0 Å². The number of hydrogen-bond donors (Lipinski definition) is 1. The largest absolute Gasteiger partial charge is 0.493 e. The van der Waals surface area contributed by atoms with Crippen LogP contribution in [0.5, 0.6) is 11.5 Å². The highest BCUT2D eigenvalue weighted by Crippen LogP contribution is 2.32. The van der Waals surface area contributed by atoms with Gasteiger partial charge in [-0.1, -0.05) is 52.2 Å². The van der Waals surface area contributed by atoms with Crippen molar-refractivity contribution in [3.05, 3.63) is 23.8 Å². The molecular formula is C18H31NO2. The zero-order chi connectivity index (χ0) is 15.5. The summed E-state index contributed by atoms with van der Waals surface area (Å²) >= 11 is 0. The third-order valence-electron chi connectivity index (χ3n) is 3.85. The molecule has 1 aromatic carbocycles. The zero-order valence-corrected chi connectivity index (χ0v) is 14.1. The van der Waals surface area contributed by atoms with Crippen molar-refractivity contribution in [3.8, 4) is 11.5 Å². The first-order valence-electron chi connectivity index (χ1n) is 8.26. The second-order valence-corrected chi connectivity index (χ2v) is 5.46. The second kappa shape index (κ2) is 10.5. The van der Waals surface area contributed by atoms with Crippen molar-refractivity contribution in [1.82, 2.24) is 5.32 Å². The maximum absolute atomic E-state index is 6.14. The summed E-state index contributed by atoms with van der Waals surface area (Å²) < 4.78 is 11.6. The molecule has 0 aliphatic heterocycles. The van der Waals surface area contributed by atoms with Gasteiger partial charge in [-0.15, -0.1) is 0 Å². The molecule has 0 heterocycles. The van der Waals surface area contributed by atoms with Crippen LogP contribution in [0, 0.1) is 5.92 Å². The summed E-state index contributed by atoms with van der Waals surface area (Å²) in [6.07, 6.45) is 4.93. The van der Waals surface area contributed by atoms with E-state index in [9.17, 15) is 0 Å². The number of nitrogens with one attached hydrogen (secondary N) is 1. The van der Waals surface area contributed by atoms with Crippen LogP contribution in [0.15, 0.2) is 18.2 Å². The summed E-state index contributed by atoms with van der Waals surface area (Å²) in [5, 5.41) is 3.36. The van der Waals surface area contributed by atoms with Gasteiger partial charge in [0.1, 0.15) is 0 Å². The lowest BCUT2D eigenvalue weighted by atomic mass is 10.0. The van der Waals surface area contributed by atoms with Crippen molar-refractivity contribution in [2.75, 3.05) is 20.3 Å². The Bertz CT molecular complexity index is 393. The van der Waals surface area contributed by atoms with E-state index >= 15 is 0 Å². The molecule has 1 aromatic rings. The number of methoxy groups -OCH3 is 1. The molecule has 0 spiro atoms. The molecule has 1 unspecified atom stereocenters. The van der Waals surface area contributed by atoms with Crippen LogP contribution >= 0.6 is 0 Å². The predicted molar refractivity (Wildman–Crippen MR) is 89.2 cm³/mol. The number of hydrogen-bond acceptors (Lipinski definition) is 3. The van der Waals surface area contributed by atoms with Gasteiger partial charge < -0.3 is 14.8 Å². The smallest absolute Gasteiger partial charge is 0.165 e. The molecule has 1 rings (SSSR count). The fraction of sp³-hybridized carbons (Fsp3) is 0.667. The SMILES string of the molecule is CCCCC(CC)COc1c(CNCC)cccc1OC. The van der Waals surface area contributed by atoms with E-state index < -0.39 is 0 Å². The third-order valence-corrected chi connectivity index (χ3v) is 3.85. The van der Waals surface area contributed by atoms with Gasteiger partial charge in [0.15, 0.2) is 11.5 Å². The molecule has 0 saturated carbocycles. The number of rotatable bonds is 11. The highest BCUT2D eigenvalue weighted by Gasteiger charge is 2.13. The molecular weight excluding hydrogens is 262 g/mol. The Kier molecular flexibility index (Phi) is 8.91. The molecule has 3 heteroatoms. The minimum atomic E-state index is 0.627. The van der Waals surface area contributed by atoms with Crippen molar-refractivity contribution >= 4 is 0 Å². The molecule has 0 radical (unpaired) electrons. The van der Waals surface area contributed by atoms with Gasteiger partial charge in [-0.2, -0.15) is 0 Å². The van der Waals surface area contributed by atoms with Gasteiger partial charge in [-0.25, -0.2) is 0 Å². The van der Waals surface area contributed by atoms with Crippen molar-refractivity contribution in [2.45, 2.75) is 53.0 Å². The maximum Gasteiger partial charge on any atom is 0.165 e. The Labute approximate surface area is 130 Å². The van der Waals surface area contributed by atoms with Crippen LogP contribution in [-0.2, 0) is 6.54 Å². The van der Waals surface area contributed by atoms with E-state index in [1.165, 1.54) is 24.8 Å². The normalized spacial score (nSPS) is 12.2. The van der Waals surface area contributed by atoms with Gasteiger partial charge in [0.25, 0.3) is 0 Å². The van der Waals surface area contributed by atoms with E-state index in [0.717, 1.165) is 37.6 Å². The fourth-order valence-electron chi connectivity index (χ4n) is 2.38. The van der Waals surface area contributed by atoms with Crippen molar-refractivity contribution < 1.29 is 9.47 Å². The molecule has 0 aliphatic carbocycles. The topological polar surface area (TPSA) is 30.5 Å². The van der Waals surface area contributed by atoms with Gasteiger partial charge in [0.05, 0.1) is 13.7 Å². The molecule has 0 aromatic heterocycles. The third kappa shape index (κ3) is 5.96. The van der Waals surface area contributed by atoms with Crippen LogP contribution in [0.4, 0.5) is 0 Å². The lowest BCUT2D eigenvalue weighted by Gasteiger charge is -2.19. The Balaban J connectivity index is 2.74. The molecule has 1 N–H and O–H groups in total. The van der Waals surface area contributed by atoms with E-state index in [4.69, 9.17) is 9.47 Å². The monoisotopic (exact) mass is 293 g/mol. The summed E-state index contributed by atoms with van der Waals surface area (Å²) in [6, 6.07) is 6.10. The van der Waals surface area contributed by atoms with Crippen LogP contribution in [0.2, 0.25) is 0 Å². The molecule has 0 aliphatic rings. The lowest BCUT2D eigenvalue weighted by molar-refractivity contribution is 0.222. The number of unbranched alkanes of at least 4 members (excludes halogenated alkanes) is 1. The van der Waals surface area contributed by atoms with Gasteiger partial charge in [0, 0.05) is 12.1 Å². The molecule has 1 atom stereocenters. The Morgan fingerprint density at radius 2 is 2.00 bits per heavy atom. The first-order valence-corrected chi connectivity index (χ1v) is 8.26. The molecule has 0 saturated heterocycles. The summed E-state index contributed by atoms with van der Waals surface area (Å²) in [6.45, 7) is 9.13. The average molecular weight is 293 g/mol. The molecule has 0 bridgehead atoms. The van der Waals surface area contributed by atoms with E-state index in [1.807, 2.05) is 12.1 Å². The van der Waals surface area contributed by atoms with Crippen molar-refractivity contribution in [2.24, 2.45) is 5.92 Å². The zero-order valence-electron chi connectivity index (χ0n) is 14.1. The van der Waals surface area contributed by atoms with Crippen molar-refractivity contribution in [3.63, 3.8) is 0 Å². The average Bonchev–Trinajstić information content (AvgIpc) is 2.53. The van der Waals surface area contributed by atoms with Gasteiger partial charge >= 0.3 is 0 Å². The van der Waals surface area contributed by atoms with Crippen LogP contribution in [0.1, 0.15) is 52.0 Å². The first kappa shape index (κ1) is 17.8. The quantitative estimate of drug-likeness (QED) is 0.656. The molecule has 0 fully saturated rings. The summed E-state index contributed by atoms with van der Waals surface area (Å²) in [5.41, 5.74) is 1.17. The highest BCUT2D eigenvalue weighted by atomic mass is 16.5. The standard InChI is InChI=1S/C18H31NO2/c1-5-8-10-15(6-2)14-21-18-16(13-19-7-3)11-9-12-17(18)20-4/h9,11-12,15,19H,5-8,10,13-14H2,1-4H3. The van der Waals surface area contributed by atoms with Gasteiger partial charge in [-0.3, -0.25) is 0 Å². The summed E-state index contributed by atoms with van der Waals surface area (Å²) in [7, 11) is 1.70. The summed E-state index contributed by atoms with van der Waals surface area (Å²) in [4.78, 5) is 0. The second-order valence-electron chi connectivity index (χ2n) is 5.46. The highest BCUT2D eigenvalue weighted by molar-refractivity contribution is 5.46. The van der Waals surface area contributed by atoms with E-state index in [-0.39, 0.29) is 0 Å². The Hall–Kier alpha value is -1.22. The maximum atomic E-state index is 6.14. The van der Waals surface area contributed by atoms with E-state index in [2.05, 4.69) is 32.2 Å². The van der Waals surface area contributed by atoms with Gasteiger partial charge in [-0.05, 0) is 24.9 Å². The molecule has 21 heavy (non-hydrogen) atoms. The minimum absolute atomic E-state index is 0.627. The first-order chi connectivity index (χ1) is 10.3. The van der Waals surface area contributed by atoms with Crippen LogP contribution < -0.4 is 14.8 Å². The number of benzene rings is 1. The Morgan fingerprint density at radius 1 is 1.19 bits per heavy atom. The summed E-state index contributed by atoms with van der Waals surface area (Å²) in [5.74, 6) is 2.36. The van der Waals surface area contributed by atoms with Gasteiger partial charge in [0.2, 0.25) is 0 Å². The van der Waals surface area contributed by atoms with E-state index in [1.54, 1.807) is 7.11 Å². The molecule has 3 nitrogen and oxygen atoms in total. The number of ether oxygens (including phenoxy) is 2. The van der Waals surface area contributed by atoms with E-state index in [0.29, 0.717) is 5.92 Å². The van der Waals surface area contributed by atoms with Crippen LogP contribution in [-0.4, -0.2) is 20.3 Å². The predicted octanol–water partition coefficient (Wildman–Crippen LogP) is 4.40. The Morgan fingerprint density at radius 3 is 2.62 bits per heavy atom. The van der Waals surface area contributed by atoms with Crippen LogP contribution in [0.3, 0.4) is 0 Å². The fourth-order valence-corrected chi connectivity index (χ4v) is 2.38.